The van der Waals surface area contributed by atoms with Crippen molar-refractivity contribution in [2.45, 2.75) is 26.2 Å². The van der Waals surface area contributed by atoms with Gasteiger partial charge in [-0.3, -0.25) is 4.79 Å². The summed E-state index contributed by atoms with van der Waals surface area (Å²) in [6.45, 7) is 6.32. The van der Waals surface area contributed by atoms with Crippen molar-refractivity contribution in [1.82, 2.24) is 5.43 Å². The normalized spacial score (nSPS) is 11.1. The molecule has 2 aromatic rings. The molecule has 0 aromatic heterocycles. The number of benzene rings is 2. The Kier molecular flexibility index (Phi) is 5.91. The Balaban J connectivity index is 1.81. The number of amides is 1. The number of ether oxygens (including phenoxy) is 1. The third kappa shape index (κ3) is 5.78. The van der Waals surface area contributed by atoms with Crippen molar-refractivity contribution < 1.29 is 9.53 Å². The van der Waals surface area contributed by atoms with Crippen LogP contribution >= 0.6 is 0 Å². The van der Waals surface area contributed by atoms with E-state index >= 15 is 0 Å². The molecule has 0 aliphatic heterocycles. The maximum atomic E-state index is 11.7. The number of rotatable bonds is 5. The summed E-state index contributed by atoms with van der Waals surface area (Å²) in [5.41, 5.74) is 5.21. The first-order valence-corrected chi connectivity index (χ1v) is 7.94. The van der Waals surface area contributed by atoms with E-state index in [2.05, 4.69) is 43.4 Å². The summed E-state index contributed by atoms with van der Waals surface area (Å²) in [6.07, 6.45) is 1.59. The van der Waals surface area contributed by atoms with Crippen molar-refractivity contribution in [2.75, 3.05) is 6.61 Å². The lowest BCUT2D eigenvalue weighted by Gasteiger charge is -2.18. The maximum Gasteiger partial charge on any atom is 0.277 e. The average Bonchev–Trinajstić information content (AvgIpc) is 2.60. The van der Waals surface area contributed by atoms with Gasteiger partial charge < -0.3 is 4.74 Å². The van der Waals surface area contributed by atoms with Gasteiger partial charge in [-0.2, -0.15) is 10.4 Å². The number of nitriles is 1. The molecular weight excluding hydrogens is 314 g/mol. The molecule has 0 saturated heterocycles. The summed E-state index contributed by atoms with van der Waals surface area (Å²) >= 11 is 0. The molecule has 1 N–H and O–H groups in total. The van der Waals surface area contributed by atoms with Gasteiger partial charge in [-0.15, -0.1) is 0 Å². The van der Waals surface area contributed by atoms with E-state index in [1.165, 1.54) is 5.56 Å². The minimum Gasteiger partial charge on any atom is -0.484 e. The van der Waals surface area contributed by atoms with E-state index < -0.39 is 0 Å². The zero-order valence-electron chi connectivity index (χ0n) is 14.6. The molecule has 1 amide bonds. The van der Waals surface area contributed by atoms with Crippen LogP contribution in [0.25, 0.3) is 0 Å². The summed E-state index contributed by atoms with van der Waals surface area (Å²) in [7, 11) is 0. The molecule has 25 heavy (non-hydrogen) atoms. The van der Waals surface area contributed by atoms with Crippen LogP contribution in [0.2, 0.25) is 0 Å². The fourth-order valence-electron chi connectivity index (χ4n) is 2.05. The third-order valence-electron chi connectivity index (χ3n) is 3.53. The van der Waals surface area contributed by atoms with Crippen molar-refractivity contribution in [1.29, 1.82) is 5.26 Å². The van der Waals surface area contributed by atoms with Gasteiger partial charge in [0.2, 0.25) is 0 Å². The van der Waals surface area contributed by atoms with E-state index in [-0.39, 0.29) is 17.9 Å². The average molecular weight is 335 g/mol. The predicted octanol–water partition coefficient (Wildman–Crippen LogP) is 3.38. The van der Waals surface area contributed by atoms with E-state index in [0.29, 0.717) is 11.3 Å². The summed E-state index contributed by atoms with van der Waals surface area (Å²) in [4.78, 5) is 11.7. The summed E-state index contributed by atoms with van der Waals surface area (Å²) < 4.78 is 5.33. The van der Waals surface area contributed by atoms with Gasteiger partial charge in [0.1, 0.15) is 5.75 Å². The van der Waals surface area contributed by atoms with E-state index in [0.717, 1.165) is 5.56 Å². The van der Waals surface area contributed by atoms with Crippen LogP contribution in [-0.4, -0.2) is 18.7 Å². The second-order valence-electron chi connectivity index (χ2n) is 6.59. The lowest BCUT2D eigenvalue weighted by molar-refractivity contribution is -0.123. The zero-order chi connectivity index (χ0) is 18.3. The molecule has 0 unspecified atom stereocenters. The molecule has 2 rings (SSSR count). The van der Waals surface area contributed by atoms with E-state index in [9.17, 15) is 4.79 Å². The second kappa shape index (κ2) is 8.11. The molecule has 0 atom stereocenters. The quantitative estimate of drug-likeness (QED) is 0.672. The van der Waals surface area contributed by atoms with Crippen LogP contribution < -0.4 is 10.2 Å². The first-order chi connectivity index (χ1) is 11.9. The number of hydrazone groups is 1. The molecule has 0 spiro atoms. The Morgan fingerprint density at radius 1 is 1.16 bits per heavy atom. The van der Waals surface area contributed by atoms with Gasteiger partial charge in [0.15, 0.2) is 6.61 Å². The fraction of sp³-hybridized carbons (Fsp3) is 0.250. The van der Waals surface area contributed by atoms with Gasteiger partial charge in [0, 0.05) is 0 Å². The molecule has 0 heterocycles. The van der Waals surface area contributed by atoms with Crippen molar-refractivity contribution in [3.8, 4) is 11.8 Å². The van der Waals surface area contributed by atoms with Crippen LogP contribution in [0.4, 0.5) is 0 Å². The summed E-state index contributed by atoms with van der Waals surface area (Å²) in [5.74, 6) is 0.169. The predicted molar refractivity (Wildman–Crippen MR) is 97.5 cm³/mol. The van der Waals surface area contributed by atoms with Gasteiger partial charge in [-0.25, -0.2) is 5.43 Å². The summed E-state index contributed by atoms with van der Waals surface area (Å²) in [6, 6.07) is 16.6. The molecule has 0 saturated carbocycles. The number of nitrogens with one attached hydrogen (secondary N) is 1. The topological polar surface area (TPSA) is 74.5 Å². The lowest BCUT2D eigenvalue weighted by atomic mass is 9.87. The Morgan fingerprint density at radius 2 is 1.80 bits per heavy atom. The van der Waals surface area contributed by atoms with Crippen LogP contribution in [0.15, 0.2) is 53.6 Å². The number of carbonyl (C=O) groups is 1. The molecule has 128 valence electrons. The molecule has 0 bridgehead atoms. The minimum atomic E-state index is -0.355. The van der Waals surface area contributed by atoms with Gasteiger partial charge in [-0.05, 0) is 40.8 Å². The lowest BCUT2D eigenvalue weighted by Crippen LogP contribution is -2.24. The standard InChI is InChI=1S/C20H21N3O2/c1-20(2,3)17-8-4-16(5-9-17)13-22-23-19(24)14-25-18-10-6-15(12-21)7-11-18/h4-11,13H,14H2,1-3H3,(H,23,24). The largest absolute Gasteiger partial charge is 0.484 e. The number of carbonyl (C=O) groups excluding carboxylic acids is 1. The maximum absolute atomic E-state index is 11.7. The van der Waals surface area contributed by atoms with Crippen molar-refractivity contribution in [3.63, 3.8) is 0 Å². The smallest absolute Gasteiger partial charge is 0.277 e. The first kappa shape index (κ1) is 18.2. The molecule has 0 aliphatic rings. The number of nitrogens with zero attached hydrogens (tertiary/aromatic N) is 2. The van der Waals surface area contributed by atoms with Crippen molar-refractivity contribution in [3.05, 3.63) is 65.2 Å². The Hall–Kier alpha value is -3.13. The highest BCUT2D eigenvalue weighted by molar-refractivity contribution is 5.83. The third-order valence-corrected chi connectivity index (χ3v) is 3.53. The SMILES string of the molecule is CC(C)(C)c1ccc(C=NNC(=O)COc2ccc(C#N)cc2)cc1. The second-order valence-corrected chi connectivity index (χ2v) is 6.59. The molecular formula is C20H21N3O2. The molecule has 5 nitrogen and oxygen atoms in total. The van der Waals surface area contributed by atoms with Crippen LogP contribution in [0.5, 0.6) is 5.75 Å². The number of hydrogen-bond donors (Lipinski definition) is 1. The van der Waals surface area contributed by atoms with Gasteiger partial charge in [0.05, 0.1) is 17.8 Å². The van der Waals surface area contributed by atoms with E-state index in [1.807, 2.05) is 18.2 Å². The minimum absolute atomic E-state index is 0.104. The van der Waals surface area contributed by atoms with Gasteiger partial charge in [-0.1, -0.05) is 45.0 Å². The monoisotopic (exact) mass is 335 g/mol. The molecule has 0 radical (unpaired) electrons. The van der Waals surface area contributed by atoms with Crippen LogP contribution in [0, 0.1) is 11.3 Å². The van der Waals surface area contributed by atoms with Gasteiger partial charge >= 0.3 is 0 Å². The highest BCUT2D eigenvalue weighted by Gasteiger charge is 2.12. The van der Waals surface area contributed by atoms with Gasteiger partial charge in [0.25, 0.3) is 5.91 Å². The molecule has 0 fully saturated rings. The van der Waals surface area contributed by atoms with Crippen molar-refractivity contribution >= 4 is 12.1 Å². The number of hydrogen-bond acceptors (Lipinski definition) is 4. The molecule has 0 aliphatic carbocycles. The van der Waals surface area contributed by atoms with Crippen LogP contribution in [0.1, 0.15) is 37.5 Å². The molecule has 2 aromatic carbocycles. The highest BCUT2D eigenvalue weighted by Crippen LogP contribution is 2.21. The summed E-state index contributed by atoms with van der Waals surface area (Å²) in [5, 5.41) is 12.6. The molecule has 5 heteroatoms. The Morgan fingerprint density at radius 3 is 2.36 bits per heavy atom. The zero-order valence-corrected chi connectivity index (χ0v) is 14.6. The Labute approximate surface area is 147 Å². The van der Waals surface area contributed by atoms with Crippen LogP contribution in [-0.2, 0) is 10.2 Å². The highest BCUT2D eigenvalue weighted by atomic mass is 16.5. The van der Waals surface area contributed by atoms with E-state index in [4.69, 9.17) is 10.00 Å². The van der Waals surface area contributed by atoms with E-state index in [1.54, 1.807) is 30.5 Å². The first-order valence-electron chi connectivity index (χ1n) is 7.94. The Bertz CT molecular complexity index is 780. The fourth-order valence-corrected chi connectivity index (χ4v) is 2.05. The van der Waals surface area contributed by atoms with Crippen LogP contribution in [0.3, 0.4) is 0 Å². The van der Waals surface area contributed by atoms with Crippen molar-refractivity contribution in [2.24, 2.45) is 5.10 Å².